The number of hydrogen-bond acceptors (Lipinski definition) is 5. The number of hydrogen-bond donors (Lipinski definition) is 2. The van der Waals surface area contributed by atoms with E-state index in [-0.39, 0.29) is 17.7 Å². The van der Waals surface area contributed by atoms with Crippen molar-refractivity contribution in [3.05, 3.63) is 75.9 Å². The van der Waals surface area contributed by atoms with Gasteiger partial charge < -0.3 is 15.4 Å². The van der Waals surface area contributed by atoms with Crippen molar-refractivity contribution in [3.63, 3.8) is 0 Å². The maximum absolute atomic E-state index is 12.5. The molecule has 0 unspecified atom stereocenters. The minimum atomic E-state index is -0.0707. The Morgan fingerprint density at radius 1 is 1.03 bits per heavy atom. The Bertz CT molecular complexity index is 1080. The van der Waals surface area contributed by atoms with Crippen LogP contribution in [0.25, 0.3) is 0 Å². The first kappa shape index (κ1) is 24.3. The quantitative estimate of drug-likeness (QED) is 0.426. The molecule has 0 saturated carbocycles. The molecule has 1 saturated heterocycles. The molecule has 1 aliphatic rings. The van der Waals surface area contributed by atoms with Crippen molar-refractivity contribution in [1.82, 2.24) is 10.2 Å². The summed E-state index contributed by atoms with van der Waals surface area (Å²) in [5.41, 5.74) is 0.705. The number of thiophene rings is 1. The molecule has 2 amide bonds. The van der Waals surface area contributed by atoms with Gasteiger partial charge in [-0.05, 0) is 80.2 Å². The number of benzene rings is 2. The van der Waals surface area contributed by atoms with Crippen molar-refractivity contribution in [2.24, 2.45) is 5.92 Å². The molecule has 1 aliphatic heterocycles. The number of carbonyl (C=O) groups excluding carboxylic acids is 2. The van der Waals surface area contributed by atoms with Crippen molar-refractivity contribution in [2.45, 2.75) is 19.3 Å². The fourth-order valence-electron chi connectivity index (χ4n) is 3.93. The minimum Gasteiger partial charge on any atom is -0.456 e. The number of nitrogens with one attached hydrogen (secondary N) is 2. The van der Waals surface area contributed by atoms with E-state index in [0.717, 1.165) is 32.4 Å². The normalized spacial score (nSPS) is 14.5. The van der Waals surface area contributed by atoms with Gasteiger partial charge in [0, 0.05) is 23.0 Å². The van der Waals surface area contributed by atoms with Gasteiger partial charge in [-0.2, -0.15) is 0 Å². The maximum Gasteiger partial charge on any atom is 0.238 e. The van der Waals surface area contributed by atoms with Gasteiger partial charge in [0.15, 0.2) is 0 Å². The number of amides is 2. The predicted molar refractivity (Wildman–Crippen MR) is 137 cm³/mol. The van der Waals surface area contributed by atoms with Gasteiger partial charge in [-0.1, -0.05) is 29.8 Å². The fourth-order valence-corrected chi connectivity index (χ4v) is 4.81. The zero-order valence-corrected chi connectivity index (χ0v) is 20.4. The van der Waals surface area contributed by atoms with Crippen LogP contribution in [0.3, 0.4) is 0 Å². The molecule has 1 aromatic heterocycles. The lowest BCUT2D eigenvalue weighted by atomic mass is 9.96. The minimum absolute atomic E-state index is 0.0216. The number of piperidine rings is 1. The monoisotopic (exact) mass is 497 g/mol. The van der Waals surface area contributed by atoms with Gasteiger partial charge in [-0.15, -0.1) is 11.3 Å². The summed E-state index contributed by atoms with van der Waals surface area (Å²) in [6, 6.07) is 18.6. The molecule has 34 heavy (non-hydrogen) atoms. The van der Waals surface area contributed by atoms with Crippen molar-refractivity contribution >= 4 is 40.4 Å². The molecule has 0 spiro atoms. The summed E-state index contributed by atoms with van der Waals surface area (Å²) in [6.07, 6.45) is 2.41. The molecule has 0 radical (unpaired) electrons. The summed E-state index contributed by atoms with van der Waals surface area (Å²) >= 11 is 7.84. The zero-order valence-electron chi connectivity index (χ0n) is 18.8. The highest BCUT2D eigenvalue weighted by Gasteiger charge is 2.25. The van der Waals surface area contributed by atoms with Crippen LogP contribution < -0.4 is 15.4 Å². The topological polar surface area (TPSA) is 70.7 Å². The van der Waals surface area contributed by atoms with Crippen LogP contribution in [0.1, 0.15) is 17.7 Å². The van der Waals surface area contributed by atoms with E-state index in [1.807, 2.05) is 18.2 Å². The first-order valence-corrected chi connectivity index (χ1v) is 12.7. The van der Waals surface area contributed by atoms with E-state index in [0.29, 0.717) is 35.3 Å². The summed E-state index contributed by atoms with van der Waals surface area (Å²) in [4.78, 5) is 28.3. The average molecular weight is 498 g/mol. The number of rotatable bonds is 9. The molecule has 0 atom stereocenters. The zero-order chi connectivity index (χ0) is 23.8. The Labute approximate surface area is 208 Å². The number of likely N-dealkylation sites (tertiary alicyclic amines) is 1. The number of halogens is 1. The molecule has 1 fully saturated rings. The highest BCUT2D eigenvalue weighted by molar-refractivity contribution is 7.09. The second kappa shape index (κ2) is 12.0. The van der Waals surface area contributed by atoms with Crippen molar-refractivity contribution in [3.8, 4) is 11.5 Å². The molecule has 2 heterocycles. The second-order valence-electron chi connectivity index (χ2n) is 8.28. The largest absolute Gasteiger partial charge is 0.456 e. The summed E-state index contributed by atoms with van der Waals surface area (Å²) in [7, 11) is 0. The number of anilines is 1. The first-order valence-electron chi connectivity index (χ1n) is 11.4. The smallest absolute Gasteiger partial charge is 0.238 e. The molecule has 3 aromatic rings. The van der Waals surface area contributed by atoms with E-state index in [1.165, 1.54) is 4.88 Å². The Morgan fingerprint density at radius 3 is 2.50 bits per heavy atom. The fraction of sp³-hybridized carbons (Fsp3) is 0.308. The molecule has 178 valence electrons. The van der Waals surface area contributed by atoms with Crippen LogP contribution in [0.2, 0.25) is 5.02 Å². The van der Waals surface area contributed by atoms with Gasteiger partial charge in [0.25, 0.3) is 0 Å². The van der Waals surface area contributed by atoms with Crippen molar-refractivity contribution < 1.29 is 14.3 Å². The molecule has 0 bridgehead atoms. The average Bonchev–Trinajstić information content (AvgIpc) is 3.36. The summed E-state index contributed by atoms with van der Waals surface area (Å²) < 4.78 is 5.78. The van der Waals surface area contributed by atoms with Crippen LogP contribution in [0.5, 0.6) is 11.5 Å². The third kappa shape index (κ3) is 7.06. The Kier molecular flexibility index (Phi) is 8.57. The van der Waals surface area contributed by atoms with E-state index in [4.69, 9.17) is 16.3 Å². The number of para-hydroxylation sites is 1. The van der Waals surface area contributed by atoms with E-state index in [9.17, 15) is 9.59 Å². The van der Waals surface area contributed by atoms with Crippen molar-refractivity contribution in [1.29, 1.82) is 0 Å². The summed E-state index contributed by atoms with van der Waals surface area (Å²) in [6.45, 7) is 2.46. The van der Waals surface area contributed by atoms with Gasteiger partial charge in [-0.3, -0.25) is 14.5 Å². The van der Waals surface area contributed by atoms with Gasteiger partial charge >= 0.3 is 0 Å². The van der Waals surface area contributed by atoms with Gasteiger partial charge in [-0.25, -0.2) is 0 Å². The Balaban J connectivity index is 1.16. The van der Waals surface area contributed by atoms with Crippen molar-refractivity contribution in [2.75, 3.05) is 31.5 Å². The summed E-state index contributed by atoms with van der Waals surface area (Å²) in [5.74, 6) is 1.30. The predicted octanol–water partition coefficient (Wildman–Crippen LogP) is 5.20. The second-order valence-corrected chi connectivity index (χ2v) is 9.72. The Morgan fingerprint density at radius 2 is 1.79 bits per heavy atom. The standard InChI is InChI=1S/C26H28ClN3O3S/c27-23-5-1-2-6-24(23)33-21-9-7-20(8-10-21)29-25(31)18-30-15-12-19(13-16-30)26(32)28-14-11-22-4-3-17-34-22/h1-10,17,19H,11-16,18H2,(H,28,32)(H,29,31). The number of ether oxygens (including phenoxy) is 1. The molecule has 2 aromatic carbocycles. The molecular formula is C26H28ClN3O3S. The van der Waals surface area contributed by atoms with Gasteiger partial charge in [0.05, 0.1) is 11.6 Å². The van der Waals surface area contributed by atoms with E-state index >= 15 is 0 Å². The lowest BCUT2D eigenvalue weighted by molar-refractivity contribution is -0.126. The summed E-state index contributed by atoms with van der Waals surface area (Å²) in [5, 5.41) is 8.57. The van der Waals surface area contributed by atoms with Crippen LogP contribution in [0, 0.1) is 5.92 Å². The van der Waals surface area contributed by atoms with Crippen LogP contribution in [0.4, 0.5) is 5.69 Å². The highest BCUT2D eigenvalue weighted by Crippen LogP contribution is 2.29. The van der Waals surface area contributed by atoms with Crippen LogP contribution in [0.15, 0.2) is 66.0 Å². The third-order valence-corrected chi connectivity index (χ3v) is 7.03. The molecular weight excluding hydrogens is 470 g/mol. The van der Waals surface area contributed by atoms with E-state index in [2.05, 4.69) is 27.0 Å². The molecule has 0 aliphatic carbocycles. The van der Waals surface area contributed by atoms with E-state index in [1.54, 1.807) is 47.7 Å². The molecule has 4 rings (SSSR count). The lowest BCUT2D eigenvalue weighted by Gasteiger charge is -2.30. The molecule has 8 heteroatoms. The number of carbonyl (C=O) groups is 2. The maximum atomic E-state index is 12.5. The van der Waals surface area contributed by atoms with Crippen LogP contribution in [-0.2, 0) is 16.0 Å². The first-order chi connectivity index (χ1) is 16.6. The van der Waals surface area contributed by atoms with Gasteiger partial charge in [0.1, 0.15) is 11.5 Å². The van der Waals surface area contributed by atoms with Gasteiger partial charge in [0.2, 0.25) is 11.8 Å². The number of nitrogens with zero attached hydrogens (tertiary/aromatic N) is 1. The highest BCUT2D eigenvalue weighted by atomic mass is 35.5. The Hall–Kier alpha value is -2.87. The van der Waals surface area contributed by atoms with E-state index < -0.39 is 0 Å². The SMILES string of the molecule is O=C(CN1CCC(C(=O)NCCc2cccs2)CC1)Nc1ccc(Oc2ccccc2Cl)cc1. The van der Waals surface area contributed by atoms with Crippen LogP contribution in [-0.4, -0.2) is 42.9 Å². The van der Waals surface area contributed by atoms with Crippen LogP contribution >= 0.6 is 22.9 Å². The molecule has 6 nitrogen and oxygen atoms in total. The molecule has 2 N–H and O–H groups in total. The third-order valence-electron chi connectivity index (χ3n) is 5.78. The lowest BCUT2D eigenvalue weighted by Crippen LogP contribution is -2.43.